The molecule has 4 rings (SSSR count). The van der Waals surface area contributed by atoms with E-state index in [-0.39, 0.29) is 11.5 Å². The maximum absolute atomic E-state index is 12.5. The van der Waals surface area contributed by atoms with E-state index < -0.39 is 22.5 Å². The molecule has 0 saturated carbocycles. The number of nitro groups is 1. The van der Waals surface area contributed by atoms with Gasteiger partial charge in [0.15, 0.2) is 0 Å². The first-order valence-electron chi connectivity index (χ1n) is 9.27. The molecule has 8 heteroatoms. The van der Waals surface area contributed by atoms with E-state index in [1.165, 1.54) is 36.2 Å². The second-order valence-corrected chi connectivity index (χ2v) is 8.44. The number of fused-ring (bicyclic) bond motifs is 1. The van der Waals surface area contributed by atoms with Crippen LogP contribution in [0.5, 0.6) is 0 Å². The molecule has 0 bridgehead atoms. The Morgan fingerprint density at radius 2 is 2.04 bits per heavy atom. The van der Waals surface area contributed by atoms with Gasteiger partial charge in [0.05, 0.1) is 4.92 Å². The lowest BCUT2D eigenvalue weighted by Gasteiger charge is -2.25. The molecule has 0 radical (unpaired) electrons. The lowest BCUT2D eigenvalue weighted by Crippen LogP contribution is -2.26. The van der Waals surface area contributed by atoms with Gasteiger partial charge in [0.2, 0.25) is 5.82 Å². The molecule has 2 heterocycles. The Bertz CT molecular complexity index is 964. The van der Waals surface area contributed by atoms with Crippen molar-refractivity contribution in [1.29, 1.82) is 0 Å². The second-order valence-electron chi connectivity index (χ2n) is 7.52. The number of pyridine rings is 1. The summed E-state index contributed by atoms with van der Waals surface area (Å²) in [5.41, 5.74) is 2.69. The first-order chi connectivity index (χ1) is 13.4. The maximum atomic E-state index is 12.5. The number of carbonyl (C=O) groups excluding carboxylic acids is 1. The van der Waals surface area contributed by atoms with E-state index in [0.717, 1.165) is 18.4 Å². The number of anilines is 1. The third-order valence-electron chi connectivity index (χ3n) is 5.51. The van der Waals surface area contributed by atoms with Crippen LogP contribution in [0.3, 0.4) is 0 Å². The Balaban J connectivity index is 1.58. The second kappa shape index (κ2) is 7.16. The summed E-state index contributed by atoms with van der Waals surface area (Å²) in [5, 5.41) is 14.2. The van der Waals surface area contributed by atoms with Crippen LogP contribution in [0.15, 0.2) is 34.9 Å². The van der Waals surface area contributed by atoms with Gasteiger partial charge in [-0.05, 0) is 65.2 Å². The number of hydrogen-bond acceptors (Lipinski definition) is 6. The largest absolute Gasteiger partial charge is 0.453 e. The van der Waals surface area contributed by atoms with Gasteiger partial charge in [-0.1, -0.05) is 18.2 Å². The Hall–Kier alpha value is -2.48. The number of carbonyl (C=O) groups is 1. The van der Waals surface area contributed by atoms with E-state index >= 15 is 0 Å². The molecule has 1 aliphatic heterocycles. The standard InChI is InChI=1S/C20H20BrN3O4/c1-20(14-7-6-12-4-2-3-5-13(12)8-14)10-16(19(25)28-20)23-18-17(24(26)27)9-15(21)11-22-18/h6-9,11,16H,2-5,10H2,1H3,(H,22,23). The molecule has 7 nitrogen and oxygen atoms in total. The predicted molar refractivity (Wildman–Crippen MR) is 107 cm³/mol. The summed E-state index contributed by atoms with van der Waals surface area (Å²) < 4.78 is 6.22. The van der Waals surface area contributed by atoms with Gasteiger partial charge >= 0.3 is 11.7 Å². The molecule has 0 amide bonds. The number of halogens is 1. The van der Waals surface area contributed by atoms with Crippen LogP contribution < -0.4 is 5.32 Å². The number of aromatic nitrogens is 1. The molecule has 1 aromatic carbocycles. The lowest BCUT2D eigenvalue weighted by molar-refractivity contribution is -0.384. The van der Waals surface area contributed by atoms with Crippen molar-refractivity contribution in [2.24, 2.45) is 0 Å². The molecule has 2 aliphatic rings. The minimum atomic E-state index is -0.772. The van der Waals surface area contributed by atoms with Crippen LogP contribution in [0.4, 0.5) is 11.5 Å². The van der Waals surface area contributed by atoms with Crippen molar-refractivity contribution in [1.82, 2.24) is 4.98 Å². The SMILES string of the molecule is CC1(c2ccc3c(c2)CCCC3)CC(Nc2ncc(Br)cc2[N+](=O)[O-])C(=O)O1. The van der Waals surface area contributed by atoms with Crippen LogP contribution in [0.2, 0.25) is 0 Å². The topological polar surface area (TPSA) is 94.4 Å². The molecule has 1 aliphatic carbocycles. The lowest BCUT2D eigenvalue weighted by atomic mass is 9.85. The third kappa shape index (κ3) is 3.48. The van der Waals surface area contributed by atoms with Crippen molar-refractivity contribution in [2.75, 3.05) is 5.32 Å². The zero-order valence-electron chi connectivity index (χ0n) is 15.4. The predicted octanol–water partition coefficient (Wildman–Crippen LogP) is 4.27. The molecule has 1 N–H and O–H groups in total. The number of cyclic esters (lactones) is 1. The van der Waals surface area contributed by atoms with Gasteiger partial charge in [0.1, 0.15) is 11.6 Å². The van der Waals surface area contributed by atoms with Crippen LogP contribution in [0.25, 0.3) is 0 Å². The van der Waals surface area contributed by atoms with Crippen molar-refractivity contribution in [3.63, 3.8) is 0 Å². The van der Waals surface area contributed by atoms with Crippen LogP contribution in [0, 0.1) is 10.1 Å². The first-order valence-corrected chi connectivity index (χ1v) is 10.1. The van der Waals surface area contributed by atoms with Crippen LogP contribution in [-0.4, -0.2) is 21.9 Å². The smallest absolute Gasteiger partial charge is 0.329 e. The highest BCUT2D eigenvalue weighted by atomic mass is 79.9. The van der Waals surface area contributed by atoms with E-state index in [9.17, 15) is 14.9 Å². The Labute approximate surface area is 170 Å². The molecule has 2 aromatic rings. The monoisotopic (exact) mass is 445 g/mol. The average molecular weight is 446 g/mol. The summed E-state index contributed by atoms with van der Waals surface area (Å²) in [7, 11) is 0. The fraction of sp³-hybridized carbons (Fsp3) is 0.400. The molecular formula is C20H20BrN3O4. The first kappa shape index (κ1) is 18.9. The Morgan fingerprint density at radius 3 is 2.79 bits per heavy atom. The van der Waals surface area contributed by atoms with Gasteiger partial charge in [0.25, 0.3) is 0 Å². The Kier molecular flexibility index (Phi) is 4.82. The maximum Gasteiger partial charge on any atom is 0.329 e. The number of benzene rings is 1. The van der Waals surface area contributed by atoms with Gasteiger partial charge in [0, 0.05) is 23.2 Å². The average Bonchev–Trinajstić information content (AvgIpc) is 2.97. The number of hydrogen-bond donors (Lipinski definition) is 1. The van der Waals surface area contributed by atoms with Gasteiger partial charge in [-0.3, -0.25) is 10.1 Å². The highest BCUT2D eigenvalue weighted by molar-refractivity contribution is 9.10. The summed E-state index contributed by atoms with van der Waals surface area (Å²) in [6.07, 6.45) is 6.36. The van der Waals surface area contributed by atoms with Crippen molar-refractivity contribution in [2.45, 2.75) is 50.7 Å². The number of rotatable bonds is 4. The molecule has 28 heavy (non-hydrogen) atoms. The van der Waals surface area contributed by atoms with Gasteiger partial charge in [-0.15, -0.1) is 0 Å². The summed E-state index contributed by atoms with van der Waals surface area (Å²) in [4.78, 5) is 27.4. The van der Waals surface area contributed by atoms with E-state index in [0.29, 0.717) is 10.9 Å². The fourth-order valence-corrected chi connectivity index (χ4v) is 4.32. The zero-order chi connectivity index (χ0) is 19.9. The van der Waals surface area contributed by atoms with Crippen LogP contribution in [0.1, 0.15) is 42.9 Å². The number of aryl methyl sites for hydroxylation is 2. The fourth-order valence-electron chi connectivity index (χ4n) is 4.00. The van der Waals surface area contributed by atoms with Crippen molar-refractivity contribution >= 4 is 33.4 Å². The minimum Gasteiger partial charge on any atom is -0.453 e. The number of ether oxygens (including phenoxy) is 1. The van der Waals surface area contributed by atoms with Crippen LogP contribution >= 0.6 is 15.9 Å². The Morgan fingerprint density at radius 1 is 1.29 bits per heavy atom. The number of nitrogens with zero attached hydrogens (tertiary/aromatic N) is 2. The highest BCUT2D eigenvalue weighted by Crippen LogP contribution is 2.39. The van der Waals surface area contributed by atoms with Gasteiger partial charge < -0.3 is 10.1 Å². The highest BCUT2D eigenvalue weighted by Gasteiger charge is 2.45. The van der Waals surface area contributed by atoms with E-state index in [1.54, 1.807) is 0 Å². The van der Waals surface area contributed by atoms with Gasteiger partial charge in [-0.2, -0.15) is 0 Å². The summed E-state index contributed by atoms with van der Waals surface area (Å²) >= 11 is 3.18. The number of esters is 1. The molecule has 1 fully saturated rings. The molecule has 2 atom stereocenters. The summed E-state index contributed by atoms with van der Waals surface area (Å²) in [6, 6.07) is 6.96. The summed E-state index contributed by atoms with van der Waals surface area (Å²) in [5.74, 6) is -0.371. The quantitative estimate of drug-likeness (QED) is 0.428. The van der Waals surface area contributed by atoms with E-state index in [2.05, 4.69) is 38.4 Å². The van der Waals surface area contributed by atoms with Crippen LogP contribution in [-0.2, 0) is 28.0 Å². The van der Waals surface area contributed by atoms with E-state index in [4.69, 9.17) is 4.74 Å². The molecule has 1 aromatic heterocycles. The zero-order valence-corrected chi connectivity index (χ0v) is 17.0. The molecule has 1 saturated heterocycles. The minimum absolute atomic E-state index is 0.0600. The summed E-state index contributed by atoms with van der Waals surface area (Å²) in [6.45, 7) is 1.89. The number of nitrogens with one attached hydrogen (secondary N) is 1. The van der Waals surface area contributed by atoms with Crippen molar-refractivity contribution in [3.8, 4) is 0 Å². The van der Waals surface area contributed by atoms with Crippen molar-refractivity contribution in [3.05, 3.63) is 61.7 Å². The van der Waals surface area contributed by atoms with Gasteiger partial charge in [-0.25, -0.2) is 9.78 Å². The third-order valence-corrected chi connectivity index (χ3v) is 5.94. The molecule has 146 valence electrons. The van der Waals surface area contributed by atoms with E-state index in [1.807, 2.05) is 13.0 Å². The van der Waals surface area contributed by atoms with Crippen molar-refractivity contribution < 1.29 is 14.5 Å². The molecular weight excluding hydrogens is 426 g/mol. The molecule has 0 spiro atoms. The molecule has 2 unspecified atom stereocenters. The normalized spacial score (nSPS) is 23.8.